The predicted octanol–water partition coefficient (Wildman–Crippen LogP) is 4.35. The normalized spacial score (nSPS) is 14.4. The lowest BCUT2D eigenvalue weighted by atomic mass is 10.1. The summed E-state index contributed by atoms with van der Waals surface area (Å²) < 4.78 is 5.61. The first-order valence-corrected chi connectivity index (χ1v) is 10.9. The Morgan fingerprint density at radius 2 is 2.07 bits per heavy atom. The van der Waals surface area contributed by atoms with Crippen LogP contribution in [0, 0.1) is 0 Å². The SMILES string of the molecule is CCCCNC(=S)N(Cc1cc2cc(OCC)ccc2[nH]c1=O)C1CCCC1. The second kappa shape index (κ2) is 9.92. The van der Waals surface area contributed by atoms with Crippen molar-refractivity contribution in [3.8, 4) is 5.75 Å². The topological polar surface area (TPSA) is 57.4 Å². The van der Waals surface area contributed by atoms with Crippen LogP contribution in [0.2, 0.25) is 0 Å². The number of fused-ring (bicyclic) bond motifs is 1. The van der Waals surface area contributed by atoms with E-state index in [0.717, 1.165) is 59.6 Å². The highest BCUT2D eigenvalue weighted by Gasteiger charge is 2.25. The standard InChI is InChI=1S/C22H31N3O2S/c1-3-5-12-23-22(28)25(18-8-6-7-9-18)15-17-13-16-14-19(27-4-2)10-11-20(16)24-21(17)26/h10-11,13-14,18H,3-9,12,15H2,1-2H3,(H,23,28)(H,24,26). The number of H-pyrrole nitrogens is 1. The molecule has 6 heteroatoms. The Labute approximate surface area is 172 Å². The number of pyridine rings is 1. The van der Waals surface area contributed by atoms with E-state index < -0.39 is 0 Å². The average Bonchev–Trinajstić information content (AvgIpc) is 3.21. The number of nitrogens with one attached hydrogen (secondary N) is 2. The van der Waals surface area contributed by atoms with E-state index in [9.17, 15) is 4.79 Å². The van der Waals surface area contributed by atoms with E-state index in [2.05, 4.69) is 22.1 Å². The number of nitrogens with zero attached hydrogens (tertiary/aromatic N) is 1. The van der Waals surface area contributed by atoms with Crippen molar-refractivity contribution in [3.63, 3.8) is 0 Å². The quantitative estimate of drug-likeness (QED) is 0.509. The highest BCUT2D eigenvalue weighted by Crippen LogP contribution is 2.26. The Bertz CT molecular complexity index is 858. The molecule has 2 N–H and O–H groups in total. The zero-order chi connectivity index (χ0) is 19.9. The molecule has 1 aliphatic carbocycles. The van der Waals surface area contributed by atoms with Crippen molar-refractivity contribution in [1.82, 2.24) is 15.2 Å². The number of aromatic nitrogens is 1. The van der Waals surface area contributed by atoms with Gasteiger partial charge in [0.2, 0.25) is 0 Å². The van der Waals surface area contributed by atoms with Gasteiger partial charge < -0.3 is 19.9 Å². The molecule has 0 atom stereocenters. The first kappa shape index (κ1) is 20.6. The van der Waals surface area contributed by atoms with E-state index in [1.807, 2.05) is 31.2 Å². The lowest BCUT2D eigenvalue weighted by Gasteiger charge is -2.31. The van der Waals surface area contributed by atoms with E-state index in [-0.39, 0.29) is 5.56 Å². The van der Waals surface area contributed by atoms with Crippen molar-refractivity contribution >= 4 is 28.2 Å². The summed E-state index contributed by atoms with van der Waals surface area (Å²) in [6.45, 7) is 6.17. The molecule has 0 aliphatic heterocycles. The molecular formula is C22H31N3O2S. The third-order valence-corrected chi connectivity index (χ3v) is 5.76. The Balaban J connectivity index is 1.85. The van der Waals surface area contributed by atoms with Gasteiger partial charge in [0.1, 0.15) is 5.75 Å². The second-order valence-electron chi connectivity index (χ2n) is 7.46. The summed E-state index contributed by atoms with van der Waals surface area (Å²) >= 11 is 5.70. The number of ether oxygens (including phenoxy) is 1. The summed E-state index contributed by atoms with van der Waals surface area (Å²) in [6, 6.07) is 8.16. The fraction of sp³-hybridized carbons (Fsp3) is 0.545. The van der Waals surface area contributed by atoms with Gasteiger partial charge >= 0.3 is 0 Å². The van der Waals surface area contributed by atoms with E-state index in [1.54, 1.807) is 0 Å². The molecule has 1 aliphatic rings. The molecule has 0 spiro atoms. The van der Waals surface area contributed by atoms with Crippen LogP contribution in [0.4, 0.5) is 0 Å². The van der Waals surface area contributed by atoms with Gasteiger partial charge in [-0.2, -0.15) is 0 Å². The predicted molar refractivity (Wildman–Crippen MR) is 119 cm³/mol. The maximum absolute atomic E-state index is 12.7. The number of benzene rings is 1. The van der Waals surface area contributed by atoms with Gasteiger partial charge in [-0.1, -0.05) is 26.2 Å². The van der Waals surface area contributed by atoms with Gasteiger partial charge in [-0.25, -0.2) is 0 Å². The fourth-order valence-electron chi connectivity index (χ4n) is 3.84. The average molecular weight is 402 g/mol. The van der Waals surface area contributed by atoms with Gasteiger partial charge in [-0.05, 0) is 62.7 Å². The van der Waals surface area contributed by atoms with Crippen molar-refractivity contribution in [1.29, 1.82) is 0 Å². The molecular weight excluding hydrogens is 370 g/mol. The Morgan fingerprint density at radius 3 is 2.79 bits per heavy atom. The molecule has 0 saturated heterocycles. The number of rotatable bonds is 8. The smallest absolute Gasteiger partial charge is 0.253 e. The highest BCUT2D eigenvalue weighted by atomic mass is 32.1. The van der Waals surface area contributed by atoms with Crippen LogP contribution in [-0.2, 0) is 6.54 Å². The van der Waals surface area contributed by atoms with Crippen LogP contribution in [0.25, 0.3) is 10.9 Å². The van der Waals surface area contributed by atoms with Gasteiger partial charge in [0.15, 0.2) is 5.11 Å². The molecule has 0 amide bonds. The van der Waals surface area contributed by atoms with Crippen LogP contribution >= 0.6 is 12.2 Å². The molecule has 0 bridgehead atoms. The Kier molecular flexibility index (Phi) is 7.31. The first-order chi connectivity index (χ1) is 13.6. The maximum Gasteiger partial charge on any atom is 0.253 e. The van der Waals surface area contributed by atoms with Gasteiger partial charge in [0, 0.05) is 29.1 Å². The lowest BCUT2D eigenvalue weighted by molar-refractivity contribution is 0.302. The summed E-state index contributed by atoms with van der Waals surface area (Å²) in [7, 11) is 0. The summed E-state index contributed by atoms with van der Waals surface area (Å²) in [5.41, 5.74) is 1.52. The van der Waals surface area contributed by atoms with E-state index >= 15 is 0 Å². The van der Waals surface area contributed by atoms with Crippen LogP contribution in [0.3, 0.4) is 0 Å². The molecule has 0 radical (unpaired) electrons. The van der Waals surface area contributed by atoms with Gasteiger partial charge in [-0.15, -0.1) is 0 Å². The van der Waals surface area contributed by atoms with Gasteiger partial charge in [-0.3, -0.25) is 4.79 Å². The minimum absolute atomic E-state index is 0.0454. The molecule has 2 aromatic rings. The molecule has 1 aromatic carbocycles. The third kappa shape index (κ3) is 5.04. The largest absolute Gasteiger partial charge is 0.494 e. The van der Waals surface area contributed by atoms with Crippen LogP contribution in [0.1, 0.15) is 57.9 Å². The molecule has 5 nitrogen and oxygen atoms in total. The number of thiocarbonyl (C=S) groups is 1. The molecule has 1 fully saturated rings. The number of aromatic amines is 1. The third-order valence-electron chi connectivity index (χ3n) is 5.38. The summed E-state index contributed by atoms with van der Waals surface area (Å²) in [6.07, 6.45) is 6.95. The monoisotopic (exact) mass is 401 g/mol. The molecule has 28 heavy (non-hydrogen) atoms. The summed E-state index contributed by atoms with van der Waals surface area (Å²) in [4.78, 5) is 17.9. The molecule has 0 unspecified atom stereocenters. The number of hydrogen-bond donors (Lipinski definition) is 2. The van der Waals surface area contributed by atoms with Crippen molar-refractivity contribution < 1.29 is 4.74 Å². The molecule has 1 saturated carbocycles. The van der Waals surface area contributed by atoms with E-state index in [1.165, 1.54) is 12.8 Å². The fourth-order valence-corrected chi connectivity index (χ4v) is 4.16. The lowest BCUT2D eigenvalue weighted by Crippen LogP contribution is -2.45. The van der Waals surface area contributed by atoms with E-state index in [0.29, 0.717) is 19.2 Å². The highest BCUT2D eigenvalue weighted by molar-refractivity contribution is 7.80. The van der Waals surface area contributed by atoms with Crippen molar-refractivity contribution in [3.05, 3.63) is 40.2 Å². The van der Waals surface area contributed by atoms with Gasteiger partial charge in [0.25, 0.3) is 5.56 Å². The molecule has 1 heterocycles. The van der Waals surface area contributed by atoms with Crippen LogP contribution < -0.4 is 15.6 Å². The van der Waals surface area contributed by atoms with Gasteiger partial charge in [0.05, 0.1) is 13.2 Å². The minimum Gasteiger partial charge on any atom is -0.494 e. The Morgan fingerprint density at radius 1 is 1.29 bits per heavy atom. The molecule has 152 valence electrons. The van der Waals surface area contributed by atoms with Crippen LogP contribution in [0.5, 0.6) is 5.75 Å². The van der Waals surface area contributed by atoms with Crippen molar-refractivity contribution in [2.24, 2.45) is 0 Å². The van der Waals surface area contributed by atoms with Crippen molar-refractivity contribution in [2.75, 3.05) is 13.2 Å². The van der Waals surface area contributed by atoms with Crippen LogP contribution in [0.15, 0.2) is 29.1 Å². The first-order valence-electron chi connectivity index (χ1n) is 10.5. The zero-order valence-corrected chi connectivity index (χ0v) is 17.7. The van der Waals surface area contributed by atoms with Crippen molar-refractivity contribution in [2.45, 2.75) is 65.0 Å². The maximum atomic E-state index is 12.7. The number of hydrogen-bond acceptors (Lipinski definition) is 3. The summed E-state index contributed by atoms with van der Waals surface area (Å²) in [5.74, 6) is 0.817. The second-order valence-corrected chi connectivity index (χ2v) is 7.84. The zero-order valence-electron chi connectivity index (χ0n) is 16.9. The van der Waals surface area contributed by atoms with Crippen LogP contribution in [-0.4, -0.2) is 34.2 Å². The Hall–Kier alpha value is -2.08. The minimum atomic E-state index is -0.0454. The molecule has 3 rings (SSSR count). The number of unbranched alkanes of at least 4 members (excludes halogenated alkanes) is 1. The molecule has 1 aromatic heterocycles. The van der Waals surface area contributed by atoms with E-state index in [4.69, 9.17) is 17.0 Å². The summed E-state index contributed by atoms with van der Waals surface area (Å²) in [5, 5.41) is 5.14.